The highest BCUT2D eigenvalue weighted by molar-refractivity contribution is 5.86. The molecule has 46 heavy (non-hydrogen) atoms. The third-order valence-corrected chi connectivity index (χ3v) is 8.78. The lowest BCUT2D eigenvalue weighted by molar-refractivity contribution is -0.137. The second-order valence-electron chi connectivity index (χ2n) is 12.0. The minimum atomic E-state index is -4.84. The molecule has 1 amide bonds. The van der Waals surface area contributed by atoms with Crippen molar-refractivity contribution in [2.75, 3.05) is 29.0 Å². The van der Waals surface area contributed by atoms with Crippen molar-refractivity contribution in [3.63, 3.8) is 0 Å². The normalized spacial score (nSPS) is 21.3. The molecule has 11 nitrogen and oxygen atoms in total. The summed E-state index contributed by atoms with van der Waals surface area (Å²) in [5, 5.41) is 10.5. The lowest BCUT2D eigenvalue weighted by Gasteiger charge is -2.31. The van der Waals surface area contributed by atoms with Gasteiger partial charge in [-0.05, 0) is 69.6 Å². The molecule has 2 aromatic heterocycles. The maximum atomic E-state index is 13.4. The molecule has 3 aromatic rings. The van der Waals surface area contributed by atoms with Gasteiger partial charge in [0.15, 0.2) is 17.0 Å². The molecule has 1 saturated heterocycles. The van der Waals surface area contributed by atoms with E-state index in [4.69, 9.17) is 25.5 Å². The molecule has 1 aliphatic heterocycles. The number of rotatable bonds is 7. The van der Waals surface area contributed by atoms with E-state index in [1.807, 2.05) is 6.33 Å². The summed E-state index contributed by atoms with van der Waals surface area (Å²) in [5.74, 6) is 0.130. The van der Waals surface area contributed by atoms with E-state index in [9.17, 15) is 22.4 Å². The van der Waals surface area contributed by atoms with E-state index in [-0.39, 0.29) is 42.9 Å². The second-order valence-corrected chi connectivity index (χ2v) is 12.0. The van der Waals surface area contributed by atoms with Crippen molar-refractivity contribution in [3.8, 4) is 0 Å². The standard InChI is InChI=1S/C29H37F4N9O2.2ClH/c30-17-5-10-23(22(15-17)29(31,32)33)38-28(43)44-41-13-11-20(12-14-41)36-25-24-26(42(16-35-24)21-3-1-2-4-21)40-27(39-25)37-19-8-6-18(34)7-9-19;;/h5,10,15-16,18-21H,1-4,6-9,11-14,34H2,(H,38,43)(H2,36,37,39,40);2*1H/t18-,19-;;. The summed E-state index contributed by atoms with van der Waals surface area (Å²) >= 11 is 0. The number of nitrogens with one attached hydrogen (secondary N) is 3. The van der Waals surface area contributed by atoms with Crippen molar-refractivity contribution in [1.82, 2.24) is 24.6 Å². The van der Waals surface area contributed by atoms with Crippen LogP contribution in [0.25, 0.3) is 11.2 Å². The van der Waals surface area contributed by atoms with Crippen LogP contribution in [0.1, 0.15) is 75.8 Å². The Morgan fingerprint density at radius 3 is 2.28 bits per heavy atom. The molecule has 17 heteroatoms. The van der Waals surface area contributed by atoms with E-state index < -0.39 is 29.3 Å². The Kier molecular flexibility index (Phi) is 11.8. The summed E-state index contributed by atoms with van der Waals surface area (Å²) in [7, 11) is 0. The van der Waals surface area contributed by atoms with Crippen LogP contribution in [-0.2, 0) is 11.0 Å². The zero-order valence-corrected chi connectivity index (χ0v) is 26.7. The average molecular weight is 693 g/mol. The van der Waals surface area contributed by atoms with Crippen molar-refractivity contribution in [2.45, 2.75) is 94.6 Å². The van der Waals surface area contributed by atoms with Crippen molar-refractivity contribution in [2.24, 2.45) is 5.73 Å². The summed E-state index contributed by atoms with van der Waals surface area (Å²) < 4.78 is 55.4. The topological polar surface area (TPSA) is 135 Å². The minimum Gasteiger partial charge on any atom is -0.365 e. The van der Waals surface area contributed by atoms with Crippen LogP contribution in [0.4, 0.5) is 39.8 Å². The van der Waals surface area contributed by atoms with Gasteiger partial charge in [0.25, 0.3) is 0 Å². The van der Waals surface area contributed by atoms with Crippen molar-refractivity contribution in [3.05, 3.63) is 35.9 Å². The van der Waals surface area contributed by atoms with Gasteiger partial charge in [0.05, 0.1) is 17.6 Å². The number of imidazole rings is 1. The van der Waals surface area contributed by atoms with Gasteiger partial charge in [-0.3, -0.25) is 5.32 Å². The first-order valence-electron chi connectivity index (χ1n) is 15.3. The molecular weight excluding hydrogens is 653 g/mol. The summed E-state index contributed by atoms with van der Waals surface area (Å²) in [6.45, 7) is 0.692. The molecule has 3 aliphatic rings. The molecular formula is C29H39Cl2F4N9O2. The van der Waals surface area contributed by atoms with E-state index in [1.54, 1.807) is 0 Å². The van der Waals surface area contributed by atoms with Crippen molar-refractivity contribution < 1.29 is 27.2 Å². The molecule has 0 spiro atoms. The van der Waals surface area contributed by atoms with Crippen LogP contribution in [0.2, 0.25) is 0 Å². The first-order valence-corrected chi connectivity index (χ1v) is 15.3. The number of fused-ring (bicyclic) bond motifs is 1. The van der Waals surface area contributed by atoms with Gasteiger partial charge < -0.3 is 25.8 Å². The van der Waals surface area contributed by atoms with Gasteiger partial charge >= 0.3 is 12.3 Å². The lowest BCUT2D eigenvalue weighted by Crippen LogP contribution is -2.41. The summed E-state index contributed by atoms with van der Waals surface area (Å²) in [6.07, 6.45) is 5.45. The molecule has 3 fully saturated rings. The lowest BCUT2D eigenvalue weighted by atomic mass is 9.92. The Labute approximate surface area is 276 Å². The van der Waals surface area contributed by atoms with E-state index in [0.717, 1.165) is 56.3 Å². The zero-order chi connectivity index (χ0) is 30.8. The Hall–Kier alpha value is -3.14. The smallest absolute Gasteiger partial charge is 0.365 e. The van der Waals surface area contributed by atoms with E-state index >= 15 is 0 Å². The Morgan fingerprint density at radius 1 is 0.935 bits per heavy atom. The Balaban J connectivity index is 0.00000240. The highest BCUT2D eigenvalue weighted by atomic mass is 35.5. The summed E-state index contributed by atoms with van der Waals surface area (Å²) in [5.41, 5.74) is 5.72. The maximum absolute atomic E-state index is 13.4. The number of aromatic nitrogens is 4. The molecule has 3 heterocycles. The number of amides is 1. The SMILES string of the molecule is Cl.Cl.N[C@H]1CC[C@H](Nc2nc(NC3CCN(OC(=O)Nc4ccc(F)cc4C(F)(F)F)CC3)c3ncn(C4CCCC4)c3n2)CC1. The number of hydrogen-bond acceptors (Lipinski definition) is 9. The number of hydroxylamine groups is 2. The molecule has 1 aromatic carbocycles. The third-order valence-electron chi connectivity index (χ3n) is 8.78. The minimum absolute atomic E-state index is 0. The van der Waals surface area contributed by atoms with Gasteiger partial charge in [0.1, 0.15) is 5.82 Å². The predicted octanol–water partition coefficient (Wildman–Crippen LogP) is 6.66. The maximum Gasteiger partial charge on any atom is 0.430 e. The number of halogens is 6. The second kappa shape index (κ2) is 15.2. The first-order chi connectivity index (χ1) is 21.1. The van der Waals surface area contributed by atoms with E-state index in [2.05, 4.69) is 20.5 Å². The van der Waals surface area contributed by atoms with Gasteiger partial charge in [-0.2, -0.15) is 23.1 Å². The van der Waals surface area contributed by atoms with Crippen molar-refractivity contribution >= 4 is 59.5 Å². The van der Waals surface area contributed by atoms with E-state index in [1.165, 1.54) is 17.9 Å². The van der Waals surface area contributed by atoms with Crippen LogP contribution < -0.4 is 21.7 Å². The number of anilines is 3. The fourth-order valence-electron chi connectivity index (χ4n) is 6.37. The first kappa shape index (κ1) is 35.7. The number of carbonyl (C=O) groups excluding carboxylic acids is 1. The quantitative estimate of drug-likeness (QED) is 0.201. The molecule has 0 radical (unpaired) electrons. The summed E-state index contributed by atoms with van der Waals surface area (Å²) in [4.78, 5) is 32.1. The zero-order valence-electron chi connectivity index (χ0n) is 25.1. The molecule has 2 saturated carbocycles. The average Bonchev–Trinajstić information content (AvgIpc) is 3.66. The van der Waals surface area contributed by atoms with Crippen LogP contribution >= 0.6 is 24.8 Å². The van der Waals surface area contributed by atoms with Crippen LogP contribution in [0, 0.1) is 5.82 Å². The molecule has 6 rings (SSSR count). The fraction of sp³-hybridized carbons (Fsp3) is 0.586. The van der Waals surface area contributed by atoms with Gasteiger partial charge in [0.2, 0.25) is 5.95 Å². The van der Waals surface area contributed by atoms with Crippen LogP contribution in [0.3, 0.4) is 0 Å². The van der Waals surface area contributed by atoms with Crippen LogP contribution in [0.15, 0.2) is 24.5 Å². The molecule has 2 aliphatic carbocycles. The van der Waals surface area contributed by atoms with Crippen LogP contribution in [0.5, 0.6) is 0 Å². The van der Waals surface area contributed by atoms with Gasteiger partial charge in [-0.15, -0.1) is 29.9 Å². The van der Waals surface area contributed by atoms with Gasteiger partial charge in [0, 0.05) is 37.3 Å². The van der Waals surface area contributed by atoms with Gasteiger partial charge in [-0.1, -0.05) is 12.8 Å². The monoisotopic (exact) mass is 691 g/mol. The number of piperidine rings is 1. The van der Waals surface area contributed by atoms with E-state index in [0.29, 0.717) is 55.3 Å². The molecule has 0 unspecified atom stereocenters. The van der Waals surface area contributed by atoms with Crippen molar-refractivity contribution in [1.29, 1.82) is 0 Å². The number of alkyl halides is 3. The molecule has 0 atom stereocenters. The van der Waals surface area contributed by atoms with Gasteiger partial charge in [-0.25, -0.2) is 14.2 Å². The number of hydrogen-bond donors (Lipinski definition) is 4. The Bertz CT molecular complexity index is 1470. The predicted molar refractivity (Wildman–Crippen MR) is 171 cm³/mol. The Morgan fingerprint density at radius 2 is 1.61 bits per heavy atom. The largest absolute Gasteiger partial charge is 0.430 e. The number of nitrogens with zero attached hydrogens (tertiary/aromatic N) is 5. The molecule has 5 N–H and O–H groups in total. The molecule has 0 bridgehead atoms. The number of carbonyl (C=O) groups is 1. The number of nitrogens with two attached hydrogens (primary N) is 1. The number of benzene rings is 1. The highest BCUT2D eigenvalue weighted by Gasteiger charge is 2.35. The third kappa shape index (κ3) is 8.41. The van der Waals surface area contributed by atoms with Crippen LogP contribution in [-0.4, -0.2) is 61.9 Å². The fourth-order valence-corrected chi connectivity index (χ4v) is 6.37. The summed E-state index contributed by atoms with van der Waals surface area (Å²) in [6, 6.07) is 2.86. The highest BCUT2D eigenvalue weighted by Crippen LogP contribution is 2.36. The molecule has 254 valence electrons.